The maximum atomic E-state index is 6.60. The minimum absolute atomic E-state index is 0.0387. The summed E-state index contributed by atoms with van der Waals surface area (Å²) in [4.78, 5) is 16.9. The fourth-order valence-corrected chi connectivity index (χ4v) is 5.44. The van der Waals surface area contributed by atoms with Crippen LogP contribution in [-0.2, 0) is 22.4 Å². The molecule has 0 amide bonds. The Labute approximate surface area is 194 Å². The summed E-state index contributed by atoms with van der Waals surface area (Å²) in [5.41, 5.74) is 4.26. The average Bonchev–Trinajstić information content (AvgIpc) is 3.61. The topological polar surface area (TPSA) is 87.1 Å². The van der Waals surface area contributed by atoms with E-state index in [1.165, 1.54) is 5.56 Å². The standard InChI is InChI=1S/C24H22ClN5O3/c25-16-10-17-23(29-24(27-17)33-19-12-32-18-5-8-31-22(18)19)28-21(16)14-3-1-13(2-4-14)15-9-20-26-6-7-30(20)11-15/h1-4,6-7,10,15,18-19,22H,5,8-9,11-12H2,(H,27,28,29)/t15?,18-,19?,22+/m1/s1. The van der Waals surface area contributed by atoms with E-state index in [2.05, 4.69) is 43.8 Å². The number of aromatic amines is 1. The predicted molar refractivity (Wildman–Crippen MR) is 122 cm³/mol. The number of rotatable bonds is 4. The van der Waals surface area contributed by atoms with E-state index in [9.17, 15) is 0 Å². The number of hydrogen-bond acceptors (Lipinski definition) is 6. The molecule has 0 spiro atoms. The molecule has 8 nitrogen and oxygen atoms in total. The largest absolute Gasteiger partial charge is 0.456 e. The van der Waals surface area contributed by atoms with Crippen molar-refractivity contribution in [3.63, 3.8) is 0 Å². The van der Waals surface area contributed by atoms with Crippen molar-refractivity contribution in [1.29, 1.82) is 0 Å². The van der Waals surface area contributed by atoms with Gasteiger partial charge >= 0.3 is 0 Å². The van der Waals surface area contributed by atoms with Gasteiger partial charge in [-0.25, -0.2) is 9.97 Å². The normalized spacial score (nSPS) is 26.1. The third-order valence-electron chi connectivity index (χ3n) is 6.89. The number of pyridine rings is 1. The van der Waals surface area contributed by atoms with Crippen LogP contribution in [0.3, 0.4) is 0 Å². The van der Waals surface area contributed by atoms with Crippen LogP contribution in [0.4, 0.5) is 0 Å². The minimum atomic E-state index is -0.173. The summed E-state index contributed by atoms with van der Waals surface area (Å²) >= 11 is 6.60. The van der Waals surface area contributed by atoms with Gasteiger partial charge in [0.2, 0.25) is 0 Å². The van der Waals surface area contributed by atoms with Crippen LogP contribution in [0, 0.1) is 0 Å². The predicted octanol–water partition coefficient (Wildman–Crippen LogP) is 3.75. The van der Waals surface area contributed by atoms with Gasteiger partial charge in [-0.15, -0.1) is 0 Å². The van der Waals surface area contributed by atoms with Gasteiger partial charge in [0.05, 0.1) is 28.9 Å². The second kappa shape index (κ2) is 7.55. The lowest BCUT2D eigenvalue weighted by atomic mass is 9.96. The molecule has 0 saturated carbocycles. The SMILES string of the molecule is Clc1cc2[nH]c(OC3CO[C@@H]4CCO[C@H]34)nc2nc1-c1ccc(C2Cc3nccn3C2)cc1. The van der Waals surface area contributed by atoms with E-state index in [1.54, 1.807) is 0 Å². The first kappa shape index (κ1) is 19.5. The van der Waals surface area contributed by atoms with Gasteiger partial charge in [-0.1, -0.05) is 35.9 Å². The Balaban J connectivity index is 1.13. The number of ether oxygens (including phenoxy) is 3. The van der Waals surface area contributed by atoms with Crippen molar-refractivity contribution in [2.24, 2.45) is 0 Å². The fraction of sp³-hybridized carbons (Fsp3) is 0.375. The highest BCUT2D eigenvalue weighted by Crippen LogP contribution is 2.34. The molecule has 2 unspecified atom stereocenters. The summed E-state index contributed by atoms with van der Waals surface area (Å²) in [7, 11) is 0. The number of H-pyrrole nitrogens is 1. The third-order valence-corrected chi connectivity index (χ3v) is 7.18. The van der Waals surface area contributed by atoms with Crippen molar-refractivity contribution < 1.29 is 14.2 Å². The Bertz CT molecular complexity index is 1310. The number of nitrogens with one attached hydrogen (secondary N) is 1. The third kappa shape index (κ3) is 3.32. The summed E-state index contributed by atoms with van der Waals surface area (Å²) in [5, 5.41) is 0.565. The molecule has 33 heavy (non-hydrogen) atoms. The van der Waals surface area contributed by atoms with E-state index in [-0.39, 0.29) is 18.3 Å². The van der Waals surface area contributed by atoms with Gasteiger partial charge in [0.25, 0.3) is 6.01 Å². The van der Waals surface area contributed by atoms with Crippen LogP contribution >= 0.6 is 11.6 Å². The van der Waals surface area contributed by atoms with Gasteiger partial charge in [0.15, 0.2) is 11.8 Å². The smallest absolute Gasteiger partial charge is 0.296 e. The van der Waals surface area contributed by atoms with Crippen LogP contribution in [0.25, 0.3) is 22.4 Å². The average molecular weight is 464 g/mol. The zero-order valence-corrected chi connectivity index (χ0v) is 18.5. The summed E-state index contributed by atoms with van der Waals surface area (Å²) in [6, 6.07) is 10.7. The summed E-state index contributed by atoms with van der Waals surface area (Å²) in [6.07, 6.45) is 5.69. The molecule has 7 rings (SSSR count). The molecule has 4 aromatic rings. The fourth-order valence-electron chi connectivity index (χ4n) is 5.18. The molecule has 2 fully saturated rings. The second-order valence-corrected chi connectivity index (χ2v) is 9.31. The van der Waals surface area contributed by atoms with Crippen molar-refractivity contribution >= 4 is 22.8 Å². The van der Waals surface area contributed by atoms with Crippen LogP contribution in [0.2, 0.25) is 5.02 Å². The van der Waals surface area contributed by atoms with Crippen LogP contribution in [0.1, 0.15) is 23.7 Å². The van der Waals surface area contributed by atoms with Crippen LogP contribution in [0.15, 0.2) is 42.7 Å². The summed E-state index contributed by atoms with van der Waals surface area (Å²) < 4.78 is 19.8. The van der Waals surface area contributed by atoms with E-state index < -0.39 is 0 Å². The maximum absolute atomic E-state index is 6.60. The van der Waals surface area contributed by atoms with Crippen LogP contribution in [-0.4, -0.2) is 56.0 Å². The maximum Gasteiger partial charge on any atom is 0.296 e. The molecule has 2 saturated heterocycles. The van der Waals surface area contributed by atoms with Gasteiger partial charge in [-0.3, -0.25) is 0 Å². The Kier molecular flexibility index (Phi) is 4.46. The quantitative estimate of drug-likeness (QED) is 0.496. The molecular weight excluding hydrogens is 442 g/mol. The van der Waals surface area contributed by atoms with Crippen molar-refractivity contribution in [3.8, 4) is 17.3 Å². The van der Waals surface area contributed by atoms with Gasteiger partial charge in [0, 0.05) is 43.4 Å². The van der Waals surface area contributed by atoms with Gasteiger partial charge < -0.3 is 23.8 Å². The second-order valence-electron chi connectivity index (χ2n) is 8.90. The van der Waals surface area contributed by atoms with Crippen LogP contribution < -0.4 is 4.74 Å². The number of aromatic nitrogens is 5. The molecule has 4 atom stereocenters. The number of hydrogen-bond donors (Lipinski definition) is 1. The number of benzene rings is 1. The molecular formula is C24H22ClN5O3. The Morgan fingerprint density at radius 2 is 2.06 bits per heavy atom. The Morgan fingerprint density at radius 3 is 2.94 bits per heavy atom. The lowest BCUT2D eigenvalue weighted by Gasteiger charge is -2.15. The molecule has 1 aromatic carbocycles. The molecule has 3 aliphatic rings. The molecule has 0 radical (unpaired) electrons. The molecule has 3 aromatic heterocycles. The minimum Gasteiger partial charge on any atom is -0.456 e. The van der Waals surface area contributed by atoms with Gasteiger partial charge in [-0.05, 0) is 18.1 Å². The molecule has 168 valence electrons. The number of nitrogens with zero attached hydrogens (tertiary/aromatic N) is 4. The molecule has 0 bridgehead atoms. The lowest BCUT2D eigenvalue weighted by molar-refractivity contribution is 0.0273. The van der Waals surface area contributed by atoms with E-state index in [0.717, 1.165) is 36.3 Å². The van der Waals surface area contributed by atoms with Crippen molar-refractivity contribution in [2.45, 2.75) is 43.6 Å². The zero-order valence-electron chi connectivity index (χ0n) is 17.8. The molecule has 1 N–H and O–H groups in total. The number of imidazole rings is 2. The lowest BCUT2D eigenvalue weighted by Crippen LogP contribution is -2.32. The van der Waals surface area contributed by atoms with E-state index >= 15 is 0 Å². The summed E-state index contributed by atoms with van der Waals surface area (Å²) in [6.45, 7) is 2.17. The van der Waals surface area contributed by atoms with Crippen LogP contribution in [0.5, 0.6) is 6.01 Å². The first-order valence-electron chi connectivity index (χ1n) is 11.3. The van der Waals surface area contributed by atoms with Crippen molar-refractivity contribution in [1.82, 2.24) is 24.5 Å². The Hall–Kier alpha value is -2.94. The van der Waals surface area contributed by atoms with E-state index in [0.29, 0.717) is 41.5 Å². The Morgan fingerprint density at radius 1 is 1.15 bits per heavy atom. The zero-order chi connectivity index (χ0) is 21.9. The first-order chi connectivity index (χ1) is 16.2. The van der Waals surface area contributed by atoms with E-state index in [1.807, 2.05) is 18.5 Å². The monoisotopic (exact) mass is 463 g/mol. The highest BCUT2D eigenvalue weighted by Gasteiger charge is 2.43. The highest BCUT2D eigenvalue weighted by molar-refractivity contribution is 6.33. The number of halogens is 1. The molecule has 0 aliphatic carbocycles. The number of fused-ring (bicyclic) bond motifs is 3. The van der Waals surface area contributed by atoms with Crippen molar-refractivity contribution in [2.75, 3.05) is 13.2 Å². The summed E-state index contributed by atoms with van der Waals surface area (Å²) in [5.74, 6) is 1.60. The van der Waals surface area contributed by atoms with E-state index in [4.69, 9.17) is 30.8 Å². The van der Waals surface area contributed by atoms with Gasteiger partial charge in [-0.2, -0.15) is 4.98 Å². The van der Waals surface area contributed by atoms with Gasteiger partial charge in [0.1, 0.15) is 11.9 Å². The molecule has 9 heteroatoms. The molecule has 6 heterocycles. The highest BCUT2D eigenvalue weighted by atomic mass is 35.5. The molecule has 3 aliphatic heterocycles. The first-order valence-corrected chi connectivity index (χ1v) is 11.7. The van der Waals surface area contributed by atoms with Crippen molar-refractivity contribution in [3.05, 3.63) is 59.1 Å².